The van der Waals surface area contributed by atoms with Crippen LogP contribution < -0.4 is 19.5 Å². The van der Waals surface area contributed by atoms with E-state index >= 15 is 0 Å². The second-order valence-electron chi connectivity index (χ2n) is 5.89. The fourth-order valence-electron chi connectivity index (χ4n) is 2.64. The number of amides is 1. The second-order valence-corrected chi connectivity index (χ2v) is 5.89. The summed E-state index contributed by atoms with van der Waals surface area (Å²) in [5, 5.41) is 3.03. The Kier molecular flexibility index (Phi) is 7.33. The minimum atomic E-state index is -0.129. The van der Waals surface area contributed by atoms with E-state index in [4.69, 9.17) is 14.2 Å². The van der Waals surface area contributed by atoms with Gasteiger partial charge in [0, 0.05) is 0 Å². The van der Waals surface area contributed by atoms with Crippen molar-refractivity contribution in [3.8, 4) is 17.2 Å². The Morgan fingerprint density at radius 1 is 1.00 bits per heavy atom. The minimum Gasteiger partial charge on any atom is -0.497 e. The van der Waals surface area contributed by atoms with E-state index < -0.39 is 0 Å². The third kappa shape index (κ3) is 5.41. The third-order valence-electron chi connectivity index (χ3n) is 3.97. The number of carbonyl (C=O) groups is 1. The number of rotatable bonds is 9. The number of nitrogens with one attached hydrogen (secondary N) is 1. The fraction of sp³-hybridized carbons (Fsp3) is 0.381. The highest BCUT2D eigenvalue weighted by molar-refractivity contribution is 5.79. The molecule has 0 bridgehead atoms. The van der Waals surface area contributed by atoms with Gasteiger partial charge in [-0.1, -0.05) is 18.2 Å². The molecule has 0 spiro atoms. The molecule has 2 aromatic rings. The van der Waals surface area contributed by atoms with Crippen LogP contribution in [0.4, 0.5) is 0 Å². The van der Waals surface area contributed by atoms with Gasteiger partial charge in [-0.3, -0.25) is 4.79 Å². The van der Waals surface area contributed by atoms with Gasteiger partial charge in [-0.15, -0.1) is 0 Å². The lowest BCUT2D eigenvalue weighted by atomic mass is 10.1. The molecule has 140 valence electrons. The Bertz CT molecular complexity index is 712. The van der Waals surface area contributed by atoms with Crippen LogP contribution in [-0.2, 0) is 11.2 Å². The summed E-state index contributed by atoms with van der Waals surface area (Å²) in [6, 6.07) is 13.1. The van der Waals surface area contributed by atoms with Crippen molar-refractivity contribution in [1.29, 1.82) is 0 Å². The summed E-state index contributed by atoms with van der Waals surface area (Å²) in [7, 11) is 1.62. The van der Waals surface area contributed by atoms with E-state index in [0.717, 1.165) is 22.6 Å². The van der Waals surface area contributed by atoms with E-state index in [0.29, 0.717) is 25.4 Å². The average molecular weight is 357 g/mol. The van der Waals surface area contributed by atoms with Crippen LogP contribution in [0.3, 0.4) is 0 Å². The summed E-state index contributed by atoms with van der Waals surface area (Å²) in [6.07, 6.45) is 0.323. The SMILES string of the molecule is CCOc1ccc([C@H](C)NC(=O)Cc2ccc(OC)cc2)cc1OCC. The van der Waals surface area contributed by atoms with Crippen LogP contribution in [0.1, 0.15) is 37.9 Å². The van der Waals surface area contributed by atoms with Crippen molar-refractivity contribution < 1.29 is 19.0 Å². The van der Waals surface area contributed by atoms with Crippen LogP contribution in [0.25, 0.3) is 0 Å². The lowest BCUT2D eigenvalue weighted by Crippen LogP contribution is -2.28. The van der Waals surface area contributed by atoms with Crippen molar-refractivity contribution in [3.05, 3.63) is 53.6 Å². The number of methoxy groups -OCH3 is 1. The molecule has 0 aromatic heterocycles. The molecule has 0 saturated heterocycles. The predicted molar refractivity (Wildman–Crippen MR) is 102 cm³/mol. The lowest BCUT2D eigenvalue weighted by molar-refractivity contribution is -0.121. The molecule has 5 heteroatoms. The van der Waals surface area contributed by atoms with E-state index in [9.17, 15) is 4.79 Å². The first-order valence-electron chi connectivity index (χ1n) is 8.89. The number of ether oxygens (including phenoxy) is 3. The van der Waals surface area contributed by atoms with Gasteiger partial charge in [0.05, 0.1) is 32.8 Å². The van der Waals surface area contributed by atoms with E-state index in [1.807, 2.05) is 63.2 Å². The van der Waals surface area contributed by atoms with Gasteiger partial charge in [0.1, 0.15) is 5.75 Å². The van der Waals surface area contributed by atoms with Crippen molar-refractivity contribution in [3.63, 3.8) is 0 Å². The lowest BCUT2D eigenvalue weighted by Gasteiger charge is -2.17. The summed E-state index contributed by atoms with van der Waals surface area (Å²) in [5.74, 6) is 2.16. The molecule has 0 heterocycles. The van der Waals surface area contributed by atoms with Gasteiger partial charge >= 0.3 is 0 Å². The third-order valence-corrected chi connectivity index (χ3v) is 3.97. The maximum absolute atomic E-state index is 12.3. The molecule has 2 aromatic carbocycles. The van der Waals surface area contributed by atoms with Crippen LogP contribution in [0.2, 0.25) is 0 Å². The Morgan fingerprint density at radius 2 is 1.65 bits per heavy atom. The van der Waals surface area contributed by atoms with Gasteiger partial charge in [0.15, 0.2) is 11.5 Å². The Balaban J connectivity index is 2.02. The molecule has 0 unspecified atom stereocenters. The van der Waals surface area contributed by atoms with Crippen molar-refractivity contribution in [1.82, 2.24) is 5.32 Å². The molecular weight excluding hydrogens is 330 g/mol. The highest BCUT2D eigenvalue weighted by Gasteiger charge is 2.13. The number of benzene rings is 2. The van der Waals surface area contributed by atoms with Gasteiger partial charge in [0.2, 0.25) is 5.91 Å². The molecule has 1 amide bonds. The zero-order valence-electron chi connectivity index (χ0n) is 15.9. The molecule has 0 aliphatic heterocycles. The quantitative estimate of drug-likeness (QED) is 0.739. The number of carbonyl (C=O) groups excluding carboxylic acids is 1. The Labute approximate surface area is 155 Å². The minimum absolute atomic E-state index is 0.0329. The molecular formula is C21H27NO4. The Hall–Kier alpha value is -2.69. The predicted octanol–water partition coefficient (Wildman–Crippen LogP) is 3.91. The normalized spacial score (nSPS) is 11.5. The van der Waals surface area contributed by atoms with Crippen LogP contribution in [0, 0.1) is 0 Å². The molecule has 0 aliphatic carbocycles. The summed E-state index contributed by atoms with van der Waals surface area (Å²) < 4.78 is 16.4. The number of hydrogen-bond acceptors (Lipinski definition) is 4. The molecule has 1 N–H and O–H groups in total. The largest absolute Gasteiger partial charge is 0.497 e. The fourth-order valence-corrected chi connectivity index (χ4v) is 2.64. The van der Waals surface area contributed by atoms with Gasteiger partial charge in [-0.05, 0) is 56.2 Å². The van der Waals surface area contributed by atoms with Gasteiger partial charge in [0.25, 0.3) is 0 Å². The van der Waals surface area contributed by atoms with E-state index in [1.165, 1.54) is 0 Å². The molecule has 2 rings (SSSR count). The molecule has 0 fully saturated rings. The average Bonchev–Trinajstić information content (AvgIpc) is 2.64. The van der Waals surface area contributed by atoms with E-state index in [1.54, 1.807) is 7.11 Å². The van der Waals surface area contributed by atoms with Crippen LogP contribution >= 0.6 is 0 Å². The monoisotopic (exact) mass is 357 g/mol. The molecule has 1 atom stereocenters. The molecule has 0 aliphatic rings. The first kappa shape index (κ1) is 19.6. The van der Waals surface area contributed by atoms with Crippen LogP contribution in [0.15, 0.2) is 42.5 Å². The summed E-state index contributed by atoms with van der Waals surface area (Å²) in [5.41, 5.74) is 1.91. The first-order chi connectivity index (χ1) is 12.6. The standard InChI is InChI=1S/C21H27NO4/c1-5-25-19-12-9-17(14-20(19)26-6-2)15(3)22-21(23)13-16-7-10-18(24-4)11-8-16/h7-12,14-15H,5-6,13H2,1-4H3,(H,22,23)/t15-/m0/s1. The highest BCUT2D eigenvalue weighted by atomic mass is 16.5. The van der Waals surface area contributed by atoms with Crippen molar-refractivity contribution in [2.75, 3.05) is 20.3 Å². The second kappa shape index (κ2) is 9.70. The van der Waals surface area contributed by atoms with E-state index in [-0.39, 0.29) is 11.9 Å². The maximum atomic E-state index is 12.3. The van der Waals surface area contributed by atoms with Crippen LogP contribution in [-0.4, -0.2) is 26.2 Å². The molecule has 5 nitrogen and oxygen atoms in total. The van der Waals surface area contributed by atoms with Crippen LogP contribution in [0.5, 0.6) is 17.2 Å². The summed E-state index contributed by atoms with van der Waals surface area (Å²) in [6.45, 7) is 6.96. The first-order valence-corrected chi connectivity index (χ1v) is 8.89. The summed E-state index contributed by atoms with van der Waals surface area (Å²) >= 11 is 0. The Morgan fingerprint density at radius 3 is 2.27 bits per heavy atom. The summed E-state index contributed by atoms with van der Waals surface area (Å²) in [4.78, 5) is 12.3. The highest BCUT2D eigenvalue weighted by Crippen LogP contribution is 2.30. The maximum Gasteiger partial charge on any atom is 0.224 e. The van der Waals surface area contributed by atoms with Crippen molar-refractivity contribution >= 4 is 5.91 Å². The topological polar surface area (TPSA) is 56.8 Å². The number of hydrogen-bond donors (Lipinski definition) is 1. The van der Waals surface area contributed by atoms with Gasteiger partial charge in [-0.25, -0.2) is 0 Å². The van der Waals surface area contributed by atoms with Gasteiger partial charge < -0.3 is 19.5 Å². The molecule has 0 radical (unpaired) electrons. The molecule has 26 heavy (non-hydrogen) atoms. The molecule has 0 saturated carbocycles. The zero-order valence-corrected chi connectivity index (χ0v) is 15.9. The van der Waals surface area contributed by atoms with Crippen molar-refractivity contribution in [2.45, 2.75) is 33.2 Å². The smallest absolute Gasteiger partial charge is 0.224 e. The van der Waals surface area contributed by atoms with Gasteiger partial charge in [-0.2, -0.15) is 0 Å². The van der Waals surface area contributed by atoms with E-state index in [2.05, 4.69) is 5.32 Å². The zero-order chi connectivity index (χ0) is 18.9. The van der Waals surface area contributed by atoms with Crippen molar-refractivity contribution in [2.24, 2.45) is 0 Å².